The summed E-state index contributed by atoms with van der Waals surface area (Å²) in [5.74, 6) is 0.825. The number of piperidine rings is 1. The van der Waals surface area contributed by atoms with Crippen molar-refractivity contribution in [2.45, 2.75) is 38.6 Å². The van der Waals surface area contributed by atoms with E-state index in [1.807, 2.05) is 0 Å². The number of nitrogens with one attached hydrogen (secondary N) is 1. The van der Waals surface area contributed by atoms with E-state index in [-0.39, 0.29) is 5.54 Å². The summed E-state index contributed by atoms with van der Waals surface area (Å²) < 4.78 is 0. The molecule has 1 aliphatic heterocycles. The molecule has 3 heteroatoms. The highest BCUT2D eigenvalue weighted by molar-refractivity contribution is 5.79. The maximum absolute atomic E-state index is 7.87. The fourth-order valence-electron chi connectivity index (χ4n) is 1.67. The van der Waals surface area contributed by atoms with Gasteiger partial charge in [-0.15, -0.1) is 0 Å². The second kappa shape index (κ2) is 4.30. The van der Waals surface area contributed by atoms with Gasteiger partial charge < -0.3 is 9.80 Å². The molecule has 0 atom stereocenters. The minimum atomic E-state index is 0.156. The summed E-state index contributed by atoms with van der Waals surface area (Å²) in [5.41, 5.74) is 0.156. The van der Waals surface area contributed by atoms with E-state index in [2.05, 4.69) is 37.7 Å². The predicted octanol–water partition coefficient (Wildman–Crippen LogP) is 1.79. The van der Waals surface area contributed by atoms with Gasteiger partial charge in [-0.3, -0.25) is 5.41 Å². The number of likely N-dealkylation sites (tertiary alicyclic amines) is 1. The minimum absolute atomic E-state index is 0.156. The third-order valence-electron chi connectivity index (χ3n) is 3.26. The maximum atomic E-state index is 7.87. The molecule has 0 radical (unpaired) electrons. The Labute approximate surface area is 87.6 Å². The normalized spacial score (nSPS) is 19.2. The Morgan fingerprint density at radius 1 is 1.36 bits per heavy atom. The van der Waals surface area contributed by atoms with Gasteiger partial charge in [0.1, 0.15) is 0 Å². The van der Waals surface area contributed by atoms with Gasteiger partial charge >= 0.3 is 0 Å². The molecule has 0 spiro atoms. The van der Waals surface area contributed by atoms with Crippen LogP contribution in [-0.2, 0) is 0 Å². The highest BCUT2D eigenvalue weighted by Crippen LogP contribution is 2.17. The van der Waals surface area contributed by atoms with Crippen molar-refractivity contribution in [2.24, 2.45) is 0 Å². The van der Waals surface area contributed by atoms with E-state index in [4.69, 9.17) is 5.41 Å². The molecule has 1 rings (SSSR count). The number of hydrogen-bond donors (Lipinski definition) is 1. The Hall–Kier alpha value is -0.570. The Kier molecular flexibility index (Phi) is 3.53. The van der Waals surface area contributed by atoms with Gasteiger partial charge in [0.15, 0.2) is 0 Å². The molecular weight excluding hydrogens is 174 g/mol. The van der Waals surface area contributed by atoms with Crippen LogP contribution in [0, 0.1) is 5.41 Å². The maximum Gasteiger partial charge on any atom is 0.0958 e. The Balaban J connectivity index is 2.53. The van der Waals surface area contributed by atoms with Crippen LogP contribution in [0.1, 0.15) is 33.1 Å². The van der Waals surface area contributed by atoms with Crippen molar-refractivity contribution in [3.8, 4) is 0 Å². The zero-order valence-corrected chi connectivity index (χ0v) is 9.93. The summed E-state index contributed by atoms with van der Waals surface area (Å²) in [7, 11) is 4.21. The molecule has 0 amide bonds. The van der Waals surface area contributed by atoms with Crippen molar-refractivity contribution in [3.63, 3.8) is 0 Å². The third-order valence-corrected chi connectivity index (χ3v) is 3.26. The molecule has 0 saturated carbocycles. The van der Waals surface area contributed by atoms with Gasteiger partial charge in [-0.1, -0.05) is 0 Å². The van der Waals surface area contributed by atoms with Crippen LogP contribution in [0.2, 0.25) is 0 Å². The average Bonchev–Trinajstić information content (AvgIpc) is 2.08. The standard InChI is InChI=1S/C11H23N3/c1-11(2,13(3)4)9-14-8-6-5-7-10(14)12/h12H,5-9H2,1-4H3. The van der Waals surface area contributed by atoms with Crippen LogP contribution in [0.15, 0.2) is 0 Å². The first-order chi connectivity index (χ1) is 6.43. The van der Waals surface area contributed by atoms with Gasteiger partial charge in [-0.05, 0) is 40.8 Å². The van der Waals surface area contributed by atoms with Gasteiger partial charge in [0, 0.05) is 25.0 Å². The monoisotopic (exact) mass is 197 g/mol. The molecule has 0 bridgehead atoms. The zero-order chi connectivity index (χ0) is 10.8. The molecule has 0 aromatic rings. The molecule has 1 aliphatic rings. The fourth-order valence-corrected chi connectivity index (χ4v) is 1.67. The summed E-state index contributed by atoms with van der Waals surface area (Å²) in [6, 6.07) is 0. The topological polar surface area (TPSA) is 30.3 Å². The lowest BCUT2D eigenvalue weighted by Gasteiger charge is -2.40. The smallest absolute Gasteiger partial charge is 0.0958 e. The first-order valence-electron chi connectivity index (χ1n) is 5.43. The predicted molar refractivity (Wildman–Crippen MR) is 60.9 cm³/mol. The van der Waals surface area contributed by atoms with Crippen LogP contribution >= 0.6 is 0 Å². The first kappa shape index (κ1) is 11.5. The van der Waals surface area contributed by atoms with Crippen molar-refractivity contribution in [2.75, 3.05) is 27.2 Å². The van der Waals surface area contributed by atoms with Gasteiger partial charge in [0.2, 0.25) is 0 Å². The summed E-state index contributed by atoms with van der Waals surface area (Å²) in [6.45, 7) is 6.50. The second-order valence-corrected chi connectivity index (χ2v) is 5.03. The molecule has 0 unspecified atom stereocenters. The molecule has 0 aromatic heterocycles. The number of nitrogens with zero attached hydrogens (tertiary/aromatic N) is 2. The number of amidine groups is 1. The van der Waals surface area contributed by atoms with E-state index in [0.717, 1.165) is 25.3 Å². The van der Waals surface area contributed by atoms with Crippen molar-refractivity contribution in [1.29, 1.82) is 5.41 Å². The lowest BCUT2D eigenvalue weighted by atomic mass is 10.0. The second-order valence-electron chi connectivity index (χ2n) is 5.03. The van der Waals surface area contributed by atoms with Gasteiger partial charge in [0.25, 0.3) is 0 Å². The van der Waals surface area contributed by atoms with Crippen molar-refractivity contribution in [1.82, 2.24) is 9.80 Å². The van der Waals surface area contributed by atoms with E-state index >= 15 is 0 Å². The quantitative estimate of drug-likeness (QED) is 0.747. The summed E-state index contributed by atoms with van der Waals surface area (Å²) in [6.07, 6.45) is 3.40. The van der Waals surface area contributed by atoms with E-state index in [1.165, 1.54) is 12.8 Å². The lowest BCUT2D eigenvalue weighted by molar-refractivity contribution is 0.148. The van der Waals surface area contributed by atoms with Crippen molar-refractivity contribution in [3.05, 3.63) is 0 Å². The number of rotatable bonds is 3. The molecule has 1 fully saturated rings. The summed E-state index contributed by atoms with van der Waals surface area (Å²) in [4.78, 5) is 4.46. The molecular formula is C11H23N3. The molecule has 0 aromatic carbocycles. The van der Waals surface area contributed by atoms with Crippen LogP contribution in [0.5, 0.6) is 0 Å². The van der Waals surface area contributed by atoms with E-state index in [1.54, 1.807) is 0 Å². The Bertz CT molecular complexity index is 209. The van der Waals surface area contributed by atoms with Crippen LogP contribution in [0.4, 0.5) is 0 Å². The largest absolute Gasteiger partial charge is 0.359 e. The number of likely N-dealkylation sites (N-methyl/N-ethyl adjacent to an activating group) is 1. The van der Waals surface area contributed by atoms with Gasteiger partial charge in [0.05, 0.1) is 5.84 Å². The summed E-state index contributed by atoms with van der Waals surface area (Å²) in [5, 5.41) is 7.87. The molecule has 82 valence electrons. The Morgan fingerprint density at radius 3 is 2.50 bits per heavy atom. The van der Waals surface area contributed by atoms with Gasteiger partial charge in [-0.25, -0.2) is 0 Å². The number of hydrogen-bond acceptors (Lipinski definition) is 2. The fraction of sp³-hybridized carbons (Fsp3) is 0.909. The average molecular weight is 197 g/mol. The highest BCUT2D eigenvalue weighted by atomic mass is 15.2. The molecule has 3 nitrogen and oxygen atoms in total. The van der Waals surface area contributed by atoms with E-state index in [0.29, 0.717) is 0 Å². The van der Waals surface area contributed by atoms with Crippen LogP contribution in [0.3, 0.4) is 0 Å². The SMILES string of the molecule is CN(C)C(C)(C)CN1CCCCC1=N. The molecule has 1 heterocycles. The van der Waals surface area contributed by atoms with Crippen molar-refractivity contribution >= 4 is 5.84 Å². The highest BCUT2D eigenvalue weighted by Gasteiger charge is 2.26. The van der Waals surface area contributed by atoms with Crippen LogP contribution in [0.25, 0.3) is 0 Å². The zero-order valence-electron chi connectivity index (χ0n) is 9.93. The van der Waals surface area contributed by atoms with Crippen LogP contribution in [-0.4, -0.2) is 48.4 Å². The molecule has 1 N–H and O–H groups in total. The van der Waals surface area contributed by atoms with E-state index < -0.39 is 0 Å². The minimum Gasteiger partial charge on any atom is -0.359 e. The Morgan fingerprint density at radius 2 is 2.00 bits per heavy atom. The lowest BCUT2D eigenvalue weighted by Crippen LogP contribution is -2.51. The van der Waals surface area contributed by atoms with Crippen LogP contribution < -0.4 is 0 Å². The molecule has 14 heavy (non-hydrogen) atoms. The third kappa shape index (κ3) is 2.71. The van der Waals surface area contributed by atoms with Gasteiger partial charge in [-0.2, -0.15) is 0 Å². The van der Waals surface area contributed by atoms with E-state index in [9.17, 15) is 0 Å². The first-order valence-corrected chi connectivity index (χ1v) is 5.43. The van der Waals surface area contributed by atoms with Crippen molar-refractivity contribution < 1.29 is 0 Å². The molecule has 0 aliphatic carbocycles. The molecule has 1 saturated heterocycles. The summed E-state index contributed by atoms with van der Waals surface area (Å²) >= 11 is 0.